The maximum absolute atomic E-state index is 13.5. The predicted octanol–water partition coefficient (Wildman–Crippen LogP) is 1.78. The highest BCUT2D eigenvalue weighted by Gasteiger charge is 2.55. The number of amides is 1. The van der Waals surface area contributed by atoms with E-state index >= 15 is 0 Å². The van der Waals surface area contributed by atoms with Crippen molar-refractivity contribution in [1.29, 1.82) is 0 Å². The van der Waals surface area contributed by atoms with Crippen LogP contribution in [0.2, 0.25) is 0 Å². The van der Waals surface area contributed by atoms with E-state index in [0.29, 0.717) is 29.5 Å². The molecule has 1 fully saturated rings. The van der Waals surface area contributed by atoms with Crippen LogP contribution in [-0.4, -0.2) is 73.8 Å². The molecular weight excluding hydrogens is 492 g/mol. The Morgan fingerprint density at radius 3 is 2.58 bits per heavy atom. The zero-order valence-corrected chi connectivity index (χ0v) is 20.5. The van der Waals surface area contributed by atoms with Gasteiger partial charge in [0.25, 0.3) is 5.91 Å². The molecule has 38 heavy (non-hydrogen) atoms. The Balaban J connectivity index is 1.53. The topological polar surface area (TPSA) is 154 Å². The van der Waals surface area contributed by atoms with E-state index in [1.165, 1.54) is 0 Å². The summed E-state index contributed by atoms with van der Waals surface area (Å²) < 4.78 is 12.3. The first-order chi connectivity index (χ1) is 18.3. The molecule has 198 valence electrons. The number of hydrogen-bond acceptors (Lipinski definition) is 8. The van der Waals surface area contributed by atoms with Gasteiger partial charge >= 0.3 is 0 Å². The van der Waals surface area contributed by atoms with Gasteiger partial charge in [0.1, 0.15) is 24.2 Å². The van der Waals surface area contributed by atoms with Crippen molar-refractivity contribution in [3.8, 4) is 5.75 Å². The van der Waals surface area contributed by atoms with Crippen LogP contribution in [-0.2, 0) is 11.3 Å². The van der Waals surface area contributed by atoms with E-state index in [9.17, 15) is 30.3 Å². The molecule has 3 aromatic carbocycles. The lowest BCUT2D eigenvalue weighted by Gasteiger charge is -2.46. The molecule has 2 heterocycles. The molecule has 5 rings (SSSR count). The van der Waals surface area contributed by atoms with Crippen molar-refractivity contribution in [1.82, 2.24) is 9.88 Å². The van der Waals surface area contributed by atoms with Crippen molar-refractivity contribution >= 4 is 27.6 Å². The van der Waals surface area contributed by atoms with Gasteiger partial charge in [0.2, 0.25) is 6.29 Å². The van der Waals surface area contributed by atoms with Crippen molar-refractivity contribution in [2.45, 2.75) is 30.6 Å². The quantitative estimate of drug-likeness (QED) is 0.210. The Morgan fingerprint density at radius 2 is 1.87 bits per heavy atom. The average molecular weight is 521 g/mol. The van der Waals surface area contributed by atoms with E-state index in [2.05, 4.69) is 11.4 Å². The lowest BCUT2D eigenvalue weighted by molar-refractivity contribution is -0.226. The van der Waals surface area contributed by atoms with Crippen LogP contribution in [0.3, 0.4) is 0 Å². The van der Waals surface area contributed by atoms with Gasteiger partial charge in [-0.1, -0.05) is 36.4 Å². The van der Waals surface area contributed by atoms with E-state index in [0.717, 1.165) is 16.3 Å². The average Bonchev–Trinajstić information content (AvgIpc) is 3.30. The molecule has 0 radical (unpaired) electrons. The van der Waals surface area contributed by atoms with Crippen LogP contribution in [0.4, 0.5) is 0 Å². The molecule has 10 heteroatoms. The fourth-order valence-electron chi connectivity index (χ4n) is 4.86. The zero-order chi connectivity index (χ0) is 27.0. The number of carbonyl (C=O) groups is 1. The van der Waals surface area contributed by atoms with Gasteiger partial charge in [-0.2, -0.15) is 0 Å². The maximum atomic E-state index is 13.5. The molecule has 1 aliphatic rings. The molecule has 1 saturated heterocycles. The molecule has 4 atom stereocenters. The van der Waals surface area contributed by atoms with Crippen molar-refractivity contribution in [3.63, 3.8) is 0 Å². The molecule has 1 amide bonds. The number of hydrogen-bond donors (Lipinski definition) is 6. The standard InChI is InChI=1S/C28H28N2O8/c1-37-19-8-9-20-21(26(35)29-28(15-32)25(34)24(33)23(14-31)38-27(28)36)13-30(22(20)11-19)12-16-6-7-17-4-2-3-5-18(17)10-16/h2-11,13-14,24-25,27,31-34,36H,12,15H2,1H3,(H,29,35)/b23-14-/t24-,25+,27?,28-/m1/s1. The third-order valence-corrected chi connectivity index (χ3v) is 7.04. The van der Waals surface area contributed by atoms with Gasteiger partial charge in [0.05, 0.1) is 24.8 Å². The highest BCUT2D eigenvalue weighted by Crippen LogP contribution is 2.33. The van der Waals surface area contributed by atoms with Crippen LogP contribution in [0, 0.1) is 0 Å². The molecule has 0 saturated carbocycles. The molecule has 0 bridgehead atoms. The third kappa shape index (κ3) is 4.23. The molecule has 1 unspecified atom stereocenters. The Hall–Kier alpha value is -4.09. The van der Waals surface area contributed by atoms with Gasteiger partial charge in [0.15, 0.2) is 11.3 Å². The van der Waals surface area contributed by atoms with E-state index in [-0.39, 0.29) is 5.56 Å². The number of carbonyl (C=O) groups excluding carboxylic acids is 1. The molecular formula is C28H28N2O8. The lowest BCUT2D eigenvalue weighted by atomic mass is 9.85. The fourth-order valence-corrected chi connectivity index (χ4v) is 4.86. The summed E-state index contributed by atoms with van der Waals surface area (Å²) in [6.45, 7) is -0.523. The third-order valence-electron chi connectivity index (χ3n) is 7.04. The minimum atomic E-state index is -2.16. The van der Waals surface area contributed by atoms with Gasteiger partial charge in [-0.3, -0.25) is 4.79 Å². The van der Waals surface area contributed by atoms with Crippen molar-refractivity contribution in [2.75, 3.05) is 13.7 Å². The SMILES string of the molecule is COc1ccc2c(C(=O)N[C@@]3(CO)C(O)O/C(=C\O)[C@@H](O)[C@@H]3O)cn(Cc3ccc4ccccc4c3)c2c1. The van der Waals surface area contributed by atoms with Gasteiger partial charge < -0.3 is 44.9 Å². The van der Waals surface area contributed by atoms with E-state index in [1.54, 1.807) is 31.5 Å². The van der Waals surface area contributed by atoms with E-state index < -0.39 is 42.3 Å². The molecule has 1 aliphatic heterocycles. The number of rotatable bonds is 6. The molecule has 1 aromatic heterocycles. The Labute approximate surface area is 217 Å². The molecule has 0 spiro atoms. The van der Waals surface area contributed by atoms with Crippen LogP contribution >= 0.6 is 0 Å². The van der Waals surface area contributed by atoms with Crippen LogP contribution in [0.1, 0.15) is 15.9 Å². The largest absolute Gasteiger partial charge is 0.512 e. The number of nitrogens with zero attached hydrogens (tertiary/aromatic N) is 1. The molecule has 4 aromatic rings. The van der Waals surface area contributed by atoms with Crippen LogP contribution < -0.4 is 10.1 Å². The zero-order valence-electron chi connectivity index (χ0n) is 20.5. The number of fused-ring (bicyclic) bond motifs is 2. The van der Waals surface area contributed by atoms with Crippen molar-refractivity contribution < 1.29 is 39.8 Å². The number of nitrogens with one attached hydrogen (secondary N) is 1. The summed E-state index contributed by atoms with van der Waals surface area (Å²) in [6, 6.07) is 19.3. The van der Waals surface area contributed by atoms with Crippen LogP contribution in [0.25, 0.3) is 21.7 Å². The summed E-state index contributed by atoms with van der Waals surface area (Å²) in [5.74, 6) is -0.633. The molecule has 10 nitrogen and oxygen atoms in total. The van der Waals surface area contributed by atoms with Gasteiger partial charge in [-0.25, -0.2) is 0 Å². The van der Waals surface area contributed by atoms with Gasteiger partial charge in [0, 0.05) is 24.2 Å². The number of methoxy groups -OCH3 is 1. The summed E-state index contributed by atoms with van der Waals surface area (Å²) in [5.41, 5.74) is -0.261. The predicted molar refractivity (Wildman–Crippen MR) is 139 cm³/mol. The Morgan fingerprint density at radius 1 is 1.11 bits per heavy atom. The van der Waals surface area contributed by atoms with Crippen LogP contribution in [0.5, 0.6) is 5.75 Å². The van der Waals surface area contributed by atoms with E-state index in [1.807, 2.05) is 41.0 Å². The smallest absolute Gasteiger partial charge is 0.254 e. The van der Waals surface area contributed by atoms with E-state index in [4.69, 9.17) is 9.47 Å². The first-order valence-corrected chi connectivity index (χ1v) is 11.9. The monoisotopic (exact) mass is 520 g/mol. The number of aliphatic hydroxyl groups excluding tert-OH is 5. The maximum Gasteiger partial charge on any atom is 0.254 e. The summed E-state index contributed by atoms with van der Waals surface area (Å²) in [5, 5.41) is 56.0. The Kier molecular flexibility index (Phi) is 6.72. The second kappa shape index (κ2) is 9.99. The minimum Gasteiger partial charge on any atom is -0.512 e. The number of benzene rings is 3. The number of aromatic nitrogens is 1. The summed E-state index contributed by atoms with van der Waals surface area (Å²) in [7, 11) is 1.54. The van der Waals surface area contributed by atoms with Crippen molar-refractivity contribution in [2.24, 2.45) is 0 Å². The van der Waals surface area contributed by atoms with Gasteiger partial charge in [-0.05, 0) is 34.5 Å². The molecule has 0 aliphatic carbocycles. The molecule has 6 N–H and O–H groups in total. The first kappa shape index (κ1) is 25.6. The Bertz CT molecular complexity index is 1530. The first-order valence-electron chi connectivity index (χ1n) is 11.9. The fraction of sp³-hybridized carbons (Fsp3) is 0.250. The highest BCUT2D eigenvalue weighted by molar-refractivity contribution is 6.07. The van der Waals surface area contributed by atoms with Crippen LogP contribution in [0.15, 0.2) is 78.9 Å². The summed E-state index contributed by atoms with van der Waals surface area (Å²) in [6.07, 6.45) is -3.61. The summed E-state index contributed by atoms with van der Waals surface area (Å²) >= 11 is 0. The highest BCUT2D eigenvalue weighted by atomic mass is 16.6. The lowest BCUT2D eigenvalue weighted by Crippen LogP contribution is -2.72. The van der Waals surface area contributed by atoms with Gasteiger partial charge in [-0.15, -0.1) is 0 Å². The number of ether oxygens (including phenoxy) is 2. The summed E-state index contributed by atoms with van der Waals surface area (Å²) in [4.78, 5) is 13.5. The minimum absolute atomic E-state index is 0.202. The second-order valence-corrected chi connectivity index (χ2v) is 9.28. The van der Waals surface area contributed by atoms with Crippen molar-refractivity contribution in [3.05, 3.63) is 90.0 Å². The number of aliphatic hydroxyl groups is 5. The second-order valence-electron chi connectivity index (χ2n) is 9.28. The normalized spacial score (nSPS) is 24.4.